The van der Waals surface area contributed by atoms with E-state index in [0.29, 0.717) is 5.02 Å². The zero-order chi connectivity index (χ0) is 16.5. The van der Waals surface area contributed by atoms with E-state index in [1.54, 1.807) is 12.4 Å². The van der Waals surface area contributed by atoms with E-state index in [1.165, 1.54) is 10.8 Å². The molecule has 0 unspecified atom stereocenters. The number of fused-ring (bicyclic) bond motifs is 1. The fourth-order valence-corrected chi connectivity index (χ4v) is 3.57. The molecule has 0 bridgehead atoms. The van der Waals surface area contributed by atoms with Crippen molar-refractivity contribution in [3.63, 3.8) is 0 Å². The summed E-state index contributed by atoms with van der Waals surface area (Å²) in [5.41, 5.74) is 2.12. The Morgan fingerprint density at radius 2 is 1.75 bits per heavy atom. The topological polar surface area (TPSA) is 32.3 Å². The third-order valence-corrected chi connectivity index (χ3v) is 4.81. The van der Waals surface area contributed by atoms with Crippen LogP contribution in [0, 0.1) is 6.92 Å². The van der Waals surface area contributed by atoms with Gasteiger partial charge in [-0.25, -0.2) is 4.98 Å². The van der Waals surface area contributed by atoms with Crippen LogP contribution in [0.15, 0.2) is 48.8 Å². The SMILES string of the molecule is Cc1cc2ccccc2c(N2CCN(c3ccncc3Cl)CC2)n1. The Morgan fingerprint density at radius 3 is 2.54 bits per heavy atom. The van der Waals surface area contributed by atoms with E-state index in [2.05, 4.69) is 52.0 Å². The second kappa shape index (κ2) is 6.29. The van der Waals surface area contributed by atoms with Gasteiger partial charge in [-0.1, -0.05) is 35.9 Å². The molecule has 0 radical (unpaired) electrons. The predicted octanol–water partition coefficient (Wildman–Crippen LogP) is 3.92. The highest BCUT2D eigenvalue weighted by atomic mass is 35.5. The maximum atomic E-state index is 6.28. The van der Waals surface area contributed by atoms with Gasteiger partial charge in [0, 0.05) is 49.7 Å². The molecule has 0 N–H and O–H groups in total. The molecule has 3 heterocycles. The molecule has 1 aliphatic heterocycles. The zero-order valence-corrected chi connectivity index (χ0v) is 14.4. The van der Waals surface area contributed by atoms with Crippen molar-refractivity contribution in [3.05, 3.63) is 59.5 Å². The molecule has 0 atom stereocenters. The third kappa shape index (κ3) is 2.78. The van der Waals surface area contributed by atoms with Crippen molar-refractivity contribution in [2.24, 2.45) is 0 Å². The molecule has 122 valence electrons. The van der Waals surface area contributed by atoms with Crippen molar-refractivity contribution in [1.82, 2.24) is 9.97 Å². The fraction of sp³-hybridized carbons (Fsp3) is 0.263. The quantitative estimate of drug-likeness (QED) is 0.709. The van der Waals surface area contributed by atoms with Crippen LogP contribution in [0.5, 0.6) is 0 Å². The Kier molecular flexibility index (Phi) is 3.98. The lowest BCUT2D eigenvalue weighted by molar-refractivity contribution is 0.648. The largest absolute Gasteiger partial charge is 0.367 e. The first kappa shape index (κ1) is 15.2. The van der Waals surface area contributed by atoms with Gasteiger partial charge in [-0.15, -0.1) is 0 Å². The minimum atomic E-state index is 0.713. The van der Waals surface area contributed by atoms with E-state index in [9.17, 15) is 0 Å². The van der Waals surface area contributed by atoms with Gasteiger partial charge in [0.05, 0.1) is 10.7 Å². The third-order valence-electron chi connectivity index (χ3n) is 4.52. The average molecular weight is 339 g/mol. The van der Waals surface area contributed by atoms with Gasteiger partial charge in [-0.2, -0.15) is 0 Å². The molecule has 1 saturated heterocycles. The van der Waals surface area contributed by atoms with Crippen LogP contribution >= 0.6 is 11.6 Å². The standard InChI is InChI=1S/C19H19ClN4/c1-14-12-15-4-2-3-5-16(15)19(22-14)24-10-8-23(9-11-24)18-6-7-21-13-17(18)20/h2-7,12-13H,8-11H2,1H3. The number of nitrogens with zero attached hydrogens (tertiary/aromatic N) is 4. The Morgan fingerprint density at radius 1 is 1.00 bits per heavy atom. The van der Waals surface area contributed by atoms with Crippen molar-refractivity contribution < 1.29 is 0 Å². The number of aryl methyl sites for hydroxylation is 1. The second-order valence-electron chi connectivity index (χ2n) is 6.11. The van der Waals surface area contributed by atoms with Gasteiger partial charge in [0.1, 0.15) is 5.82 Å². The smallest absolute Gasteiger partial charge is 0.136 e. The van der Waals surface area contributed by atoms with Crippen LogP contribution < -0.4 is 9.80 Å². The number of piperazine rings is 1. The number of pyridine rings is 2. The van der Waals surface area contributed by atoms with Crippen LogP contribution in [-0.4, -0.2) is 36.1 Å². The summed E-state index contributed by atoms with van der Waals surface area (Å²) in [4.78, 5) is 13.6. The van der Waals surface area contributed by atoms with Crippen molar-refractivity contribution in [2.45, 2.75) is 6.92 Å². The van der Waals surface area contributed by atoms with Gasteiger partial charge >= 0.3 is 0 Å². The van der Waals surface area contributed by atoms with Crippen LogP contribution in [0.25, 0.3) is 10.8 Å². The van der Waals surface area contributed by atoms with E-state index in [4.69, 9.17) is 16.6 Å². The average Bonchev–Trinajstić information content (AvgIpc) is 2.62. The Labute approximate surface area is 146 Å². The number of rotatable bonds is 2. The van der Waals surface area contributed by atoms with Crippen molar-refractivity contribution >= 4 is 33.9 Å². The maximum Gasteiger partial charge on any atom is 0.136 e. The summed E-state index contributed by atoms with van der Waals surface area (Å²) in [5.74, 6) is 1.09. The lowest BCUT2D eigenvalue weighted by Crippen LogP contribution is -2.47. The molecular formula is C19H19ClN4. The molecule has 0 aliphatic carbocycles. The minimum absolute atomic E-state index is 0.713. The number of halogens is 1. The molecule has 0 saturated carbocycles. The van der Waals surface area contributed by atoms with Crippen LogP contribution in [0.3, 0.4) is 0 Å². The van der Waals surface area contributed by atoms with Crippen LogP contribution in [0.2, 0.25) is 5.02 Å². The molecule has 3 aromatic rings. The normalized spacial score (nSPS) is 15.1. The zero-order valence-electron chi connectivity index (χ0n) is 13.6. The summed E-state index contributed by atoms with van der Waals surface area (Å²) >= 11 is 6.28. The summed E-state index contributed by atoms with van der Waals surface area (Å²) in [6.07, 6.45) is 3.50. The molecule has 1 aliphatic rings. The van der Waals surface area contributed by atoms with E-state index < -0.39 is 0 Å². The minimum Gasteiger partial charge on any atom is -0.367 e. The Bertz CT molecular complexity index is 872. The van der Waals surface area contributed by atoms with Crippen molar-refractivity contribution in [3.8, 4) is 0 Å². The predicted molar refractivity (Wildman–Crippen MR) is 100 cm³/mol. The second-order valence-corrected chi connectivity index (χ2v) is 6.52. The van der Waals surface area contributed by atoms with Gasteiger partial charge in [0.15, 0.2) is 0 Å². The van der Waals surface area contributed by atoms with Gasteiger partial charge < -0.3 is 9.80 Å². The Balaban J connectivity index is 1.60. The highest BCUT2D eigenvalue weighted by Gasteiger charge is 2.21. The summed E-state index contributed by atoms with van der Waals surface area (Å²) in [7, 11) is 0. The molecule has 1 aromatic carbocycles. The van der Waals surface area contributed by atoms with Crippen molar-refractivity contribution in [2.75, 3.05) is 36.0 Å². The van der Waals surface area contributed by atoms with Crippen LogP contribution in [-0.2, 0) is 0 Å². The molecular weight excluding hydrogens is 320 g/mol. The first-order valence-electron chi connectivity index (χ1n) is 8.18. The molecule has 0 spiro atoms. The van der Waals surface area contributed by atoms with Crippen LogP contribution in [0.1, 0.15) is 5.69 Å². The van der Waals surface area contributed by atoms with Gasteiger partial charge in [-0.05, 0) is 24.4 Å². The number of hydrogen-bond acceptors (Lipinski definition) is 4. The molecule has 1 fully saturated rings. The molecule has 4 rings (SSSR count). The summed E-state index contributed by atoms with van der Waals surface area (Å²) in [5, 5.41) is 3.18. The fourth-order valence-electron chi connectivity index (χ4n) is 3.34. The first-order chi connectivity index (χ1) is 11.7. The first-order valence-corrected chi connectivity index (χ1v) is 8.56. The van der Waals surface area contributed by atoms with Crippen LogP contribution in [0.4, 0.5) is 11.5 Å². The number of hydrogen-bond donors (Lipinski definition) is 0. The number of benzene rings is 1. The highest BCUT2D eigenvalue weighted by Crippen LogP contribution is 2.29. The van der Waals surface area contributed by atoms with Crippen molar-refractivity contribution in [1.29, 1.82) is 0 Å². The summed E-state index contributed by atoms with van der Waals surface area (Å²) < 4.78 is 0. The molecule has 24 heavy (non-hydrogen) atoms. The molecule has 4 nitrogen and oxygen atoms in total. The lowest BCUT2D eigenvalue weighted by Gasteiger charge is -2.37. The van der Waals surface area contributed by atoms with E-state index in [1.807, 2.05) is 6.07 Å². The summed E-state index contributed by atoms with van der Waals surface area (Å²) in [6.45, 7) is 5.77. The maximum absolute atomic E-state index is 6.28. The summed E-state index contributed by atoms with van der Waals surface area (Å²) in [6, 6.07) is 12.6. The molecule has 5 heteroatoms. The van der Waals surface area contributed by atoms with E-state index in [0.717, 1.165) is 43.4 Å². The lowest BCUT2D eigenvalue weighted by atomic mass is 10.1. The molecule has 2 aromatic heterocycles. The van der Waals surface area contributed by atoms with E-state index in [-0.39, 0.29) is 0 Å². The van der Waals surface area contributed by atoms with Gasteiger partial charge in [-0.3, -0.25) is 4.98 Å². The van der Waals surface area contributed by atoms with Gasteiger partial charge in [0.25, 0.3) is 0 Å². The van der Waals surface area contributed by atoms with Gasteiger partial charge in [0.2, 0.25) is 0 Å². The number of aromatic nitrogens is 2. The monoisotopic (exact) mass is 338 g/mol. The molecule has 0 amide bonds. The highest BCUT2D eigenvalue weighted by molar-refractivity contribution is 6.33. The van der Waals surface area contributed by atoms with E-state index >= 15 is 0 Å². The Hall–Kier alpha value is -2.33. The number of anilines is 2.